The lowest BCUT2D eigenvalue weighted by Crippen LogP contribution is -2.39. The Morgan fingerprint density at radius 3 is 1.05 bits per heavy atom. The Labute approximate surface area is 251 Å². The third-order valence-corrected chi connectivity index (χ3v) is 7.86. The fourth-order valence-corrected chi connectivity index (χ4v) is 5.41. The number of rotatable bonds is 6. The van der Waals surface area contributed by atoms with E-state index in [0.29, 0.717) is 11.5 Å². The summed E-state index contributed by atoms with van der Waals surface area (Å²) < 4.78 is 0. The van der Waals surface area contributed by atoms with Crippen LogP contribution in [0.5, 0.6) is 11.5 Å². The van der Waals surface area contributed by atoms with Crippen LogP contribution < -0.4 is 5.73 Å². The van der Waals surface area contributed by atoms with Gasteiger partial charge in [0.25, 0.3) is 0 Å². The maximum atomic E-state index is 11.4. The minimum absolute atomic E-state index is 0.250. The SMILES string of the molecule is C/C=C(/c1cc(C(C)(C)C)c(O)c(C(C)(C)C)c1)N(/C(=C\C)c1cc(C(C)(C)C)c(O)c(C(C)(C)C)c1)C(N)CC. The molecule has 2 aromatic rings. The predicted octanol–water partition coefficient (Wildman–Crippen LogP) is 9.71. The largest absolute Gasteiger partial charge is 0.507 e. The Kier molecular flexibility index (Phi) is 9.99. The van der Waals surface area contributed by atoms with Gasteiger partial charge in [0.1, 0.15) is 11.5 Å². The van der Waals surface area contributed by atoms with Gasteiger partial charge in [-0.05, 0) is 77.3 Å². The standard InChI is InChI=1S/C37H58N2O2/c1-16-29(23-19-25(34(4,5)6)32(40)26(20-23)35(7,8)9)39(31(38)18-3)30(17-2)24-21-27(36(10,11)12)33(41)28(22-24)37(13,14)15/h16-17,19-22,31,40-41H,18,38H2,1-15H3/b29-16-,30-17-. The molecule has 0 heterocycles. The molecule has 0 bridgehead atoms. The molecule has 0 spiro atoms. The van der Waals surface area contributed by atoms with E-state index >= 15 is 0 Å². The molecule has 0 aliphatic rings. The number of aromatic hydroxyl groups is 2. The molecule has 0 amide bonds. The van der Waals surface area contributed by atoms with E-state index in [1.54, 1.807) is 0 Å². The highest BCUT2D eigenvalue weighted by molar-refractivity contribution is 5.79. The van der Waals surface area contributed by atoms with Crippen LogP contribution in [0.3, 0.4) is 0 Å². The summed E-state index contributed by atoms with van der Waals surface area (Å²) in [5.74, 6) is 0.731. The van der Waals surface area contributed by atoms with E-state index in [4.69, 9.17) is 5.73 Å². The van der Waals surface area contributed by atoms with E-state index in [2.05, 4.69) is 145 Å². The van der Waals surface area contributed by atoms with Crippen molar-refractivity contribution in [2.24, 2.45) is 5.73 Å². The Hall–Kier alpha value is -2.72. The van der Waals surface area contributed by atoms with Gasteiger partial charge < -0.3 is 20.8 Å². The Morgan fingerprint density at radius 2 is 0.878 bits per heavy atom. The van der Waals surface area contributed by atoms with Crippen LogP contribution in [0, 0.1) is 0 Å². The average Bonchev–Trinajstić information content (AvgIpc) is 2.81. The van der Waals surface area contributed by atoms with Crippen LogP contribution in [0.4, 0.5) is 0 Å². The van der Waals surface area contributed by atoms with E-state index in [9.17, 15) is 10.2 Å². The van der Waals surface area contributed by atoms with Crippen molar-refractivity contribution < 1.29 is 10.2 Å². The van der Waals surface area contributed by atoms with Crippen molar-refractivity contribution in [3.63, 3.8) is 0 Å². The molecule has 1 atom stereocenters. The van der Waals surface area contributed by atoms with Crippen molar-refractivity contribution in [1.29, 1.82) is 0 Å². The highest BCUT2D eigenvalue weighted by Gasteiger charge is 2.32. The predicted molar refractivity (Wildman–Crippen MR) is 178 cm³/mol. The molecule has 41 heavy (non-hydrogen) atoms. The number of nitrogens with two attached hydrogens (primary N) is 1. The van der Waals surface area contributed by atoms with Crippen molar-refractivity contribution in [1.82, 2.24) is 4.90 Å². The molecule has 1 unspecified atom stereocenters. The molecule has 0 fully saturated rings. The number of nitrogens with zero attached hydrogens (tertiary/aromatic N) is 1. The van der Waals surface area contributed by atoms with Crippen LogP contribution in [0.2, 0.25) is 0 Å². The van der Waals surface area contributed by atoms with Crippen LogP contribution in [0.15, 0.2) is 36.4 Å². The molecule has 0 saturated heterocycles. The molecule has 4 nitrogen and oxygen atoms in total. The second-order valence-corrected chi connectivity index (χ2v) is 15.5. The van der Waals surface area contributed by atoms with Crippen LogP contribution in [0.25, 0.3) is 11.4 Å². The zero-order valence-electron chi connectivity index (χ0n) is 28.7. The molecule has 0 aliphatic carbocycles. The first-order valence-electron chi connectivity index (χ1n) is 15.1. The molecule has 228 valence electrons. The van der Waals surface area contributed by atoms with E-state index in [0.717, 1.165) is 51.2 Å². The van der Waals surface area contributed by atoms with Gasteiger partial charge >= 0.3 is 0 Å². The van der Waals surface area contributed by atoms with Gasteiger partial charge in [-0.25, -0.2) is 0 Å². The first kappa shape index (κ1) is 34.5. The van der Waals surface area contributed by atoms with Gasteiger partial charge in [0, 0.05) is 33.6 Å². The van der Waals surface area contributed by atoms with Gasteiger partial charge in [-0.1, -0.05) is 102 Å². The van der Waals surface area contributed by atoms with E-state index in [1.807, 2.05) is 0 Å². The summed E-state index contributed by atoms with van der Waals surface area (Å²) in [4.78, 5) is 2.23. The smallest absolute Gasteiger partial charge is 0.123 e. The summed E-state index contributed by atoms with van der Waals surface area (Å²) in [6.07, 6.45) is 4.70. The van der Waals surface area contributed by atoms with Gasteiger partial charge in [0.15, 0.2) is 0 Å². The maximum Gasteiger partial charge on any atom is 0.123 e. The molecule has 0 saturated carbocycles. The summed E-state index contributed by atoms with van der Waals surface area (Å²) in [6.45, 7) is 31.9. The van der Waals surface area contributed by atoms with Crippen LogP contribution in [-0.2, 0) is 21.7 Å². The monoisotopic (exact) mass is 562 g/mol. The van der Waals surface area contributed by atoms with Gasteiger partial charge in [0.05, 0.1) is 6.17 Å². The quantitative estimate of drug-likeness (QED) is 0.307. The second-order valence-electron chi connectivity index (χ2n) is 15.5. The minimum Gasteiger partial charge on any atom is -0.507 e. The van der Waals surface area contributed by atoms with E-state index in [-0.39, 0.29) is 27.8 Å². The van der Waals surface area contributed by atoms with Gasteiger partial charge in [-0.15, -0.1) is 0 Å². The fraction of sp³-hybridized carbons (Fsp3) is 0.568. The number of hydrogen-bond acceptors (Lipinski definition) is 4. The third kappa shape index (κ3) is 7.38. The molecule has 4 N–H and O–H groups in total. The third-order valence-electron chi connectivity index (χ3n) is 7.86. The van der Waals surface area contributed by atoms with Gasteiger partial charge in [0.2, 0.25) is 0 Å². The Bertz CT molecular complexity index is 1130. The topological polar surface area (TPSA) is 69.7 Å². The first-order chi connectivity index (χ1) is 18.5. The van der Waals surface area contributed by atoms with Crippen molar-refractivity contribution in [2.45, 2.75) is 138 Å². The van der Waals surface area contributed by atoms with Crippen LogP contribution >= 0.6 is 0 Å². The summed E-state index contributed by atoms with van der Waals surface area (Å²) in [7, 11) is 0. The molecular weight excluding hydrogens is 504 g/mol. The number of phenolic OH excluding ortho intramolecular Hbond substituents is 2. The van der Waals surface area contributed by atoms with Crippen LogP contribution in [0.1, 0.15) is 144 Å². The first-order valence-corrected chi connectivity index (χ1v) is 15.1. The van der Waals surface area contributed by atoms with E-state index in [1.165, 1.54) is 0 Å². The lowest BCUT2D eigenvalue weighted by Gasteiger charge is -2.37. The summed E-state index contributed by atoms with van der Waals surface area (Å²) in [6, 6.07) is 8.50. The zero-order valence-corrected chi connectivity index (χ0v) is 28.7. The molecule has 0 aliphatic heterocycles. The lowest BCUT2D eigenvalue weighted by atomic mass is 9.77. The van der Waals surface area contributed by atoms with Crippen LogP contribution in [-0.4, -0.2) is 21.3 Å². The number of phenols is 2. The number of benzene rings is 2. The van der Waals surface area contributed by atoms with Crippen molar-refractivity contribution >= 4 is 11.4 Å². The fourth-order valence-electron chi connectivity index (χ4n) is 5.41. The number of allylic oxidation sites excluding steroid dienone is 2. The van der Waals surface area contributed by atoms with Crippen molar-refractivity contribution in [2.75, 3.05) is 0 Å². The zero-order chi connectivity index (χ0) is 31.9. The molecule has 2 aromatic carbocycles. The molecule has 0 radical (unpaired) electrons. The second kappa shape index (κ2) is 11.9. The summed E-state index contributed by atoms with van der Waals surface area (Å²) >= 11 is 0. The number of hydrogen-bond donors (Lipinski definition) is 3. The molecular formula is C37H58N2O2. The highest BCUT2D eigenvalue weighted by Crippen LogP contribution is 2.45. The Morgan fingerprint density at radius 1 is 0.634 bits per heavy atom. The normalized spacial score (nSPS) is 14.8. The van der Waals surface area contributed by atoms with E-state index < -0.39 is 0 Å². The van der Waals surface area contributed by atoms with Gasteiger partial charge in [-0.2, -0.15) is 0 Å². The molecule has 0 aromatic heterocycles. The Balaban J connectivity index is 3.00. The summed E-state index contributed by atoms with van der Waals surface area (Å²) in [5.41, 5.74) is 13.6. The maximum absolute atomic E-state index is 11.4. The van der Waals surface area contributed by atoms with Crippen molar-refractivity contribution in [3.05, 3.63) is 69.8 Å². The molecule has 4 heteroatoms. The molecule has 2 rings (SSSR count). The van der Waals surface area contributed by atoms with Crippen molar-refractivity contribution in [3.8, 4) is 11.5 Å². The lowest BCUT2D eigenvalue weighted by molar-refractivity contribution is 0.395. The highest BCUT2D eigenvalue weighted by atomic mass is 16.3. The average molecular weight is 563 g/mol. The summed E-state index contributed by atoms with van der Waals surface area (Å²) in [5, 5.41) is 22.8. The minimum atomic E-state index is -0.289. The van der Waals surface area contributed by atoms with Gasteiger partial charge in [-0.3, -0.25) is 0 Å².